The van der Waals surface area contributed by atoms with Crippen molar-refractivity contribution in [3.05, 3.63) is 34.9 Å². The SMILES string of the molecule is CC(CN)(CO)Cc1cccc(Cl)c1. The summed E-state index contributed by atoms with van der Waals surface area (Å²) in [6.45, 7) is 2.53. The van der Waals surface area contributed by atoms with Crippen molar-refractivity contribution in [1.82, 2.24) is 0 Å². The van der Waals surface area contributed by atoms with Crippen molar-refractivity contribution in [2.75, 3.05) is 13.2 Å². The lowest BCUT2D eigenvalue weighted by Gasteiger charge is -2.25. The Morgan fingerprint density at radius 1 is 1.50 bits per heavy atom. The number of aliphatic hydroxyl groups excluding tert-OH is 1. The zero-order valence-corrected chi connectivity index (χ0v) is 9.09. The van der Waals surface area contributed by atoms with Crippen LogP contribution in [0.25, 0.3) is 0 Å². The van der Waals surface area contributed by atoms with E-state index in [0.717, 1.165) is 17.0 Å². The molecule has 0 aliphatic heterocycles. The first-order valence-corrected chi connectivity index (χ1v) is 5.03. The summed E-state index contributed by atoms with van der Waals surface area (Å²) in [5, 5.41) is 9.92. The van der Waals surface area contributed by atoms with Crippen LogP contribution in [0.4, 0.5) is 0 Å². The molecule has 1 unspecified atom stereocenters. The Labute approximate surface area is 89.7 Å². The first kappa shape index (κ1) is 11.5. The van der Waals surface area contributed by atoms with Gasteiger partial charge in [-0.1, -0.05) is 30.7 Å². The zero-order valence-electron chi connectivity index (χ0n) is 8.33. The maximum Gasteiger partial charge on any atom is 0.0500 e. The second-order valence-corrected chi connectivity index (χ2v) is 4.42. The number of rotatable bonds is 4. The molecule has 0 heterocycles. The van der Waals surface area contributed by atoms with E-state index in [1.54, 1.807) is 0 Å². The van der Waals surface area contributed by atoms with E-state index < -0.39 is 0 Å². The summed E-state index contributed by atoms with van der Waals surface area (Å²) in [6.07, 6.45) is 0.751. The van der Waals surface area contributed by atoms with Gasteiger partial charge in [0.05, 0.1) is 0 Å². The van der Waals surface area contributed by atoms with Crippen LogP contribution in [0.1, 0.15) is 12.5 Å². The molecule has 0 bridgehead atoms. The molecule has 1 rings (SSSR count). The lowest BCUT2D eigenvalue weighted by atomic mass is 9.84. The van der Waals surface area contributed by atoms with E-state index in [1.807, 2.05) is 31.2 Å². The zero-order chi connectivity index (χ0) is 10.6. The molecule has 0 spiro atoms. The summed E-state index contributed by atoms with van der Waals surface area (Å²) in [6, 6.07) is 7.65. The van der Waals surface area contributed by atoms with Gasteiger partial charge >= 0.3 is 0 Å². The van der Waals surface area contributed by atoms with Gasteiger partial charge in [0, 0.05) is 23.6 Å². The molecule has 1 aromatic rings. The highest BCUT2D eigenvalue weighted by atomic mass is 35.5. The van der Waals surface area contributed by atoms with E-state index in [9.17, 15) is 5.11 Å². The Hall–Kier alpha value is -0.570. The first-order valence-electron chi connectivity index (χ1n) is 4.65. The average molecular weight is 214 g/mol. The topological polar surface area (TPSA) is 46.2 Å². The predicted octanol–water partition coefficient (Wildman–Crippen LogP) is 1.84. The molecule has 1 atom stereocenters. The minimum absolute atomic E-state index is 0.0933. The standard InChI is InChI=1S/C11H16ClNO/c1-11(7-13,8-14)6-9-3-2-4-10(12)5-9/h2-5,14H,6-8,13H2,1H3. The number of aliphatic hydroxyl groups is 1. The van der Waals surface area contributed by atoms with Gasteiger partial charge in [0.15, 0.2) is 0 Å². The molecule has 2 nitrogen and oxygen atoms in total. The Kier molecular flexibility index (Phi) is 3.93. The van der Waals surface area contributed by atoms with E-state index in [1.165, 1.54) is 0 Å². The van der Waals surface area contributed by atoms with Crippen molar-refractivity contribution in [2.24, 2.45) is 11.1 Å². The molecule has 78 valence electrons. The second-order valence-electron chi connectivity index (χ2n) is 3.98. The minimum Gasteiger partial charge on any atom is -0.396 e. The fraction of sp³-hybridized carbons (Fsp3) is 0.455. The fourth-order valence-corrected chi connectivity index (χ4v) is 1.55. The number of benzene rings is 1. The van der Waals surface area contributed by atoms with Gasteiger partial charge in [0.2, 0.25) is 0 Å². The predicted molar refractivity (Wildman–Crippen MR) is 59.4 cm³/mol. The van der Waals surface area contributed by atoms with E-state index in [2.05, 4.69) is 0 Å². The van der Waals surface area contributed by atoms with Crippen LogP contribution in [0, 0.1) is 5.41 Å². The molecule has 14 heavy (non-hydrogen) atoms. The van der Waals surface area contributed by atoms with Gasteiger partial charge in [-0.15, -0.1) is 0 Å². The van der Waals surface area contributed by atoms with Crippen LogP contribution in [-0.2, 0) is 6.42 Å². The molecule has 0 amide bonds. The summed E-state index contributed by atoms with van der Waals surface area (Å²) in [4.78, 5) is 0. The third-order valence-electron chi connectivity index (χ3n) is 2.39. The average Bonchev–Trinajstić information content (AvgIpc) is 2.18. The Bertz CT molecular complexity index is 297. The fourth-order valence-electron chi connectivity index (χ4n) is 1.33. The summed E-state index contributed by atoms with van der Waals surface area (Å²) < 4.78 is 0. The highest BCUT2D eigenvalue weighted by molar-refractivity contribution is 6.30. The number of hydrogen-bond donors (Lipinski definition) is 2. The normalized spacial score (nSPS) is 15.1. The van der Waals surface area contributed by atoms with Gasteiger partial charge < -0.3 is 10.8 Å². The molecule has 0 aromatic heterocycles. The number of nitrogens with two attached hydrogens (primary N) is 1. The molecule has 0 aliphatic rings. The summed E-state index contributed by atoms with van der Waals surface area (Å²) in [5.41, 5.74) is 6.48. The Morgan fingerprint density at radius 3 is 2.71 bits per heavy atom. The molecule has 1 aromatic carbocycles. The van der Waals surface area contributed by atoms with Gasteiger partial charge in [-0.05, 0) is 24.1 Å². The molecular formula is C11H16ClNO. The molecular weight excluding hydrogens is 198 g/mol. The summed E-state index contributed by atoms with van der Waals surface area (Å²) in [7, 11) is 0. The lowest BCUT2D eigenvalue weighted by molar-refractivity contribution is 0.149. The van der Waals surface area contributed by atoms with Crippen molar-refractivity contribution in [2.45, 2.75) is 13.3 Å². The number of hydrogen-bond acceptors (Lipinski definition) is 2. The van der Waals surface area contributed by atoms with Crippen molar-refractivity contribution < 1.29 is 5.11 Å². The molecule has 0 saturated carbocycles. The van der Waals surface area contributed by atoms with Crippen molar-refractivity contribution in [3.8, 4) is 0 Å². The highest BCUT2D eigenvalue weighted by Crippen LogP contribution is 2.22. The van der Waals surface area contributed by atoms with Crippen LogP contribution < -0.4 is 5.73 Å². The van der Waals surface area contributed by atoms with Crippen LogP contribution in [0.2, 0.25) is 5.02 Å². The Balaban J connectivity index is 2.77. The van der Waals surface area contributed by atoms with Gasteiger partial charge in [-0.3, -0.25) is 0 Å². The Morgan fingerprint density at radius 2 is 2.21 bits per heavy atom. The first-order chi connectivity index (χ1) is 6.59. The maximum atomic E-state index is 9.20. The minimum atomic E-state index is -0.245. The monoisotopic (exact) mass is 213 g/mol. The van der Waals surface area contributed by atoms with Crippen molar-refractivity contribution in [1.29, 1.82) is 0 Å². The second kappa shape index (κ2) is 4.78. The maximum absolute atomic E-state index is 9.20. The molecule has 0 aliphatic carbocycles. The van der Waals surface area contributed by atoms with Crippen LogP contribution in [-0.4, -0.2) is 18.3 Å². The van der Waals surface area contributed by atoms with Gasteiger partial charge in [-0.2, -0.15) is 0 Å². The summed E-state index contributed by atoms with van der Waals surface area (Å²) in [5.74, 6) is 0. The largest absolute Gasteiger partial charge is 0.396 e. The van der Waals surface area contributed by atoms with Gasteiger partial charge in [-0.25, -0.2) is 0 Å². The molecule has 0 radical (unpaired) electrons. The van der Waals surface area contributed by atoms with Crippen LogP contribution in [0.15, 0.2) is 24.3 Å². The molecule has 3 N–H and O–H groups in total. The lowest BCUT2D eigenvalue weighted by Crippen LogP contribution is -2.33. The van der Waals surface area contributed by atoms with Gasteiger partial charge in [0.1, 0.15) is 0 Å². The van der Waals surface area contributed by atoms with E-state index in [0.29, 0.717) is 6.54 Å². The van der Waals surface area contributed by atoms with Crippen LogP contribution >= 0.6 is 11.6 Å². The highest BCUT2D eigenvalue weighted by Gasteiger charge is 2.21. The van der Waals surface area contributed by atoms with Crippen LogP contribution in [0.5, 0.6) is 0 Å². The van der Waals surface area contributed by atoms with Crippen LogP contribution in [0.3, 0.4) is 0 Å². The third-order valence-corrected chi connectivity index (χ3v) is 2.63. The number of halogens is 1. The van der Waals surface area contributed by atoms with Gasteiger partial charge in [0.25, 0.3) is 0 Å². The smallest absolute Gasteiger partial charge is 0.0500 e. The summed E-state index contributed by atoms with van der Waals surface area (Å²) >= 11 is 5.87. The third kappa shape index (κ3) is 2.98. The van der Waals surface area contributed by atoms with E-state index in [4.69, 9.17) is 17.3 Å². The molecule has 3 heteroatoms. The van der Waals surface area contributed by atoms with E-state index >= 15 is 0 Å². The molecule has 0 fully saturated rings. The quantitative estimate of drug-likeness (QED) is 0.802. The molecule has 0 saturated heterocycles. The van der Waals surface area contributed by atoms with E-state index in [-0.39, 0.29) is 12.0 Å². The van der Waals surface area contributed by atoms with Crippen molar-refractivity contribution in [3.63, 3.8) is 0 Å². The van der Waals surface area contributed by atoms with Crippen molar-refractivity contribution >= 4 is 11.6 Å².